The van der Waals surface area contributed by atoms with Crippen LogP contribution >= 0.6 is 11.6 Å². The maximum absolute atomic E-state index is 12.5. The van der Waals surface area contributed by atoms with E-state index < -0.39 is 5.83 Å². The molecule has 0 aliphatic heterocycles. The Kier molecular flexibility index (Phi) is 3.96. The van der Waals surface area contributed by atoms with E-state index in [4.69, 9.17) is 11.6 Å². The van der Waals surface area contributed by atoms with Crippen molar-refractivity contribution in [3.8, 4) is 0 Å². The first-order valence-electron chi connectivity index (χ1n) is 2.75. The van der Waals surface area contributed by atoms with Crippen LogP contribution in [0.2, 0.25) is 0 Å². The molecule has 0 heterocycles. The van der Waals surface area contributed by atoms with Gasteiger partial charge in [0.15, 0.2) is 0 Å². The molecule has 0 bridgehead atoms. The van der Waals surface area contributed by atoms with Crippen molar-refractivity contribution in [2.24, 2.45) is 4.99 Å². The van der Waals surface area contributed by atoms with Crippen LogP contribution in [0.15, 0.2) is 29.2 Å². The molecule has 56 valence electrons. The molecule has 0 radical (unpaired) electrons. The lowest BCUT2D eigenvalue weighted by molar-refractivity contribution is 0.649. The zero-order valence-electron chi connectivity index (χ0n) is 5.99. The quantitative estimate of drug-likeness (QED) is 0.436. The van der Waals surface area contributed by atoms with Gasteiger partial charge in [0.25, 0.3) is 0 Å². The van der Waals surface area contributed by atoms with Crippen molar-refractivity contribution in [3.05, 3.63) is 24.2 Å². The van der Waals surface area contributed by atoms with E-state index in [-0.39, 0.29) is 0 Å². The lowest BCUT2D eigenvalue weighted by atomic mass is 10.3. The van der Waals surface area contributed by atoms with Gasteiger partial charge in [0.05, 0.1) is 6.20 Å². The van der Waals surface area contributed by atoms with Gasteiger partial charge in [-0.3, -0.25) is 0 Å². The highest BCUT2D eigenvalue weighted by molar-refractivity contribution is 6.64. The maximum Gasteiger partial charge on any atom is 0.143 e. The van der Waals surface area contributed by atoms with Gasteiger partial charge in [-0.05, 0) is 19.4 Å². The van der Waals surface area contributed by atoms with E-state index >= 15 is 0 Å². The highest BCUT2D eigenvalue weighted by Gasteiger charge is 1.91. The second kappa shape index (κ2) is 4.23. The molecule has 0 rings (SSSR count). The summed E-state index contributed by atoms with van der Waals surface area (Å²) in [7, 11) is 0. The van der Waals surface area contributed by atoms with Crippen LogP contribution in [0.1, 0.15) is 13.8 Å². The molecule has 0 atom stereocenters. The van der Waals surface area contributed by atoms with Gasteiger partial charge < -0.3 is 0 Å². The normalized spacial score (nSPS) is 13.6. The molecule has 0 aromatic heterocycles. The number of nitrogens with zero attached hydrogens (tertiary/aromatic N) is 1. The average Bonchev–Trinajstić information content (AvgIpc) is 1.82. The summed E-state index contributed by atoms with van der Waals surface area (Å²) >= 11 is 5.34. The zero-order chi connectivity index (χ0) is 8.15. The highest BCUT2D eigenvalue weighted by Crippen LogP contribution is 2.07. The lowest BCUT2D eigenvalue weighted by Gasteiger charge is -1.89. The molecule has 0 N–H and O–H groups in total. The lowest BCUT2D eigenvalue weighted by Crippen LogP contribution is -1.75. The Labute approximate surface area is 64.9 Å². The van der Waals surface area contributed by atoms with Gasteiger partial charge >= 0.3 is 0 Å². The van der Waals surface area contributed by atoms with Gasteiger partial charge in [-0.2, -0.15) is 0 Å². The fraction of sp³-hybridized carbons (Fsp3) is 0.286. The topological polar surface area (TPSA) is 12.4 Å². The molecule has 10 heavy (non-hydrogen) atoms. The zero-order valence-corrected chi connectivity index (χ0v) is 6.74. The summed E-state index contributed by atoms with van der Waals surface area (Å²) in [5.74, 6) is -0.444. The molecule has 0 aromatic carbocycles. The predicted molar refractivity (Wildman–Crippen MR) is 43.0 cm³/mol. The Balaban J connectivity index is 4.19. The number of rotatable bonds is 2. The summed E-state index contributed by atoms with van der Waals surface area (Å²) in [6.07, 6.45) is 1.05. The Hall–Kier alpha value is -0.630. The van der Waals surface area contributed by atoms with Crippen LogP contribution in [0.25, 0.3) is 0 Å². The minimum atomic E-state index is -0.444. The summed E-state index contributed by atoms with van der Waals surface area (Å²) in [6.45, 7) is 6.51. The van der Waals surface area contributed by atoms with Gasteiger partial charge in [0, 0.05) is 0 Å². The van der Waals surface area contributed by atoms with E-state index in [1.807, 2.05) is 0 Å². The standard InChI is InChI=1S/C7H9ClFN/c1-5(2)7(9)4-10-6(3)8/h4H,1H2,2-3H3/b7-4+,10-6+. The summed E-state index contributed by atoms with van der Waals surface area (Å²) in [5.41, 5.74) is 0.349. The molecule has 0 aliphatic carbocycles. The molecular weight excluding hydrogens is 153 g/mol. The molecule has 0 fully saturated rings. The Morgan fingerprint density at radius 2 is 2.10 bits per heavy atom. The average molecular weight is 162 g/mol. The third-order valence-electron chi connectivity index (χ3n) is 0.763. The number of hydrogen-bond acceptors (Lipinski definition) is 1. The Bertz CT molecular complexity index is 190. The molecule has 0 spiro atoms. The van der Waals surface area contributed by atoms with E-state index in [0.29, 0.717) is 10.7 Å². The van der Waals surface area contributed by atoms with Gasteiger partial charge in [-0.15, -0.1) is 0 Å². The second-order valence-corrected chi connectivity index (χ2v) is 2.43. The van der Waals surface area contributed by atoms with Crippen molar-refractivity contribution >= 4 is 16.8 Å². The molecular formula is C7H9ClFN. The van der Waals surface area contributed by atoms with E-state index in [1.54, 1.807) is 13.8 Å². The predicted octanol–water partition coefficient (Wildman–Crippen LogP) is 3.03. The van der Waals surface area contributed by atoms with E-state index in [2.05, 4.69) is 11.6 Å². The van der Waals surface area contributed by atoms with Crippen molar-refractivity contribution in [1.82, 2.24) is 0 Å². The highest BCUT2D eigenvalue weighted by atomic mass is 35.5. The second-order valence-electron chi connectivity index (χ2n) is 1.88. The van der Waals surface area contributed by atoms with Crippen molar-refractivity contribution in [3.63, 3.8) is 0 Å². The first-order chi connectivity index (χ1) is 4.54. The summed E-state index contributed by atoms with van der Waals surface area (Å²) in [6, 6.07) is 0. The fourth-order valence-corrected chi connectivity index (χ4v) is 0.305. The summed E-state index contributed by atoms with van der Waals surface area (Å²) < 4.78 is 12.5. The van der Waals surface area contributed by atoms with Gasteiger partial charge in [0.1, 0.15) is 11.0 Å². The van der Waals surface area contributed by atoms with Gasteiger partial charge in [-0.25, -0.2) is 9.38 Å². The van der Waals surface area contributed by atoms with Crippen LogP contribution in [-0.2, 0) is 0 Å². The first kappa shape index (κ1) is 9.37. The summed E-state index contributed by atoms with van der Waals surface area (Å²) in [5, 5.41) is 0.302. The van der Waals surface area contributed by atoms with Crippen LogP contribution in [0.4, 0.5) is 4.39 Å². The number of aliphatic imine (C=N–C) groups is 1. The Morgan fingerprint density at radius 3 is 2.40 bits per heavy atom. The van der Waals surface area contributed by atoms with E-state index in [0.717, 1.165) is 6.20 Å². The van der Waals surface area contributed by atoms with Crippen molar-refractivity contribution in [1.29, 1.82) is 0 Å². The largest absolute Gasteiger partial charge is 0.246 e. The number of allylic oxidation sites excluding steroid dienone is 2. The minimum Gasteiger partial charge on any atom is -0.246 e. The number of hydrogen-bond donors (Lipinski definition) is 0. The smallest absolute Gasteiger partial charge is 0.143 e. The first-order valence-corrected chi connectivity index (χ1v) is 3.13. The monoisotopic (exact) mass is 161 g/mol. The molecule has 0 saturated carbocycles. The van der Waals surface area contributed by atoms with Crippen molar-refractivity contribution in [2.75, 3.05) is 0 Å². The van der Waals surface area contributed by atoms with Crippen molar-refractivity contribution in [2.45, 2.75) is 13.8 Å². The van der Waals surface area contributed by atoms with Crippen LogP contribution in [0, 0.1) is 0 Å². The van der Waals surface area contributed by atoms with E-state index in [1.165, 1.54) is 0 Å². The van der Waals surface area contributed by atoms with Crippen LogP contribution < -0.4 is 0 Å². The maximum atomic E-state index is 12.5. The molecule has 0 unspecified atom stereocenters. The molecule has 0 aromatic rings. The van der Waals surface area contributed by atoms with Crippen molar-refractivity contribution < 1.29 is 4.39 Å². The molecule has 0 amide bonds. The van der Waals surface area contributed by atoms with E-state index in [9.17, 15) is 4.39 Å². The molecule has 1 nitrogen and oxygen atoms in total. The molecule has 0 aliphatic rings. The molecule has 0 saturated heterocycles. The third-order valence-corrected chi connectivity index (χ3v) is 0.861. The minimum absolute atomic E-state index is 0.302. The van der Waals surface area contributed by atoms with Crippen LogP contribution in [0.5, 0.6) is 0 Å². The number of halogens is 2. The third kappa shape index (κ3) is 4.27. The fourth-order valence-electron chi connectivity index (χ4n) is 0.256. The SMILES string of the molecule is C=C(C)/C(F)=C\N=C(/C)Cl. The van der Waals surface area contributed by atoms with Gasteiger partial charge in [0.2, 0.25) is 0 Å². The Morgan fingerprint density at radius 1 is 1.60 bits per heavy atom. The summed E-state index contributed by atoms with van der Waals surface area (Å²) in [4.78, 5) is 3.53. The van der Waals surface area contributed by atoms with Crippen LogP contribution in [0.3, 0.4) is 0 Å². The molecule has 3 heteroatoms. The van der Waals surface area contributed by atoms with Gasteiger partial charge in [-0.1, -0.05) is 18.2 Å². The van der Waals surface area contributed by atoms with Crippen LogP contribution in [-0.4, -0.2) is 5.17 Å².